The fourth-order valence-corrected chi connectivity index (χ4v) is 1.36. The van der Waals surface area contributed by atoms with Gasteiger partial charge in [-0.15, -0.1) is 0 Å². The van der Waals surface area contributed by atoms with Crippen molar-refractivity contribution in [2.24, 2.45) is 0 Å². The monoisotopic (exact) mass is 234 g/mol. The molecule has 0 saturated heterocycles. The summed E-state index contributed by atoms with van der Waals surface area (Å²) in [5.41, 5.74) is 0.620. The number of hydrogen-bond donors (Lipinski definition) is 0. The van der Waals surface area contributed by atoms with Crippen molar-refractivity contribution in [3.05, 3.63) is 18.2 Å². The summed E-state index contributed by atoms with van der Waals surface area (Å²) in [6.07, 6.45) is 2.56. The summed E-state index contributed by atoms with van der Waals surface area (Å²) in [5.74, 6) is 0.640. The second-order valence-corrected chi connectivity index (χ2v) is 4.72. The maximum atomic E-state index is 11.8. The molecule has 0 fully saturated rings. The Balaban J connectivity index is 2.40. The fourth-order valence-electron chi connectivity index (χ4n) is 1.36. The molecule has 2 heterocycles. The van der Waals surface area contributed by atoms with Crippen molar-refractivity contribution in [3.63, 3.8) is 0 Å². The fraction of sp³-hybridized carbons (Fsp3) is 0.455. The molecule has 0 aliphatic heterocycles. The highest BCUT2D eigenvalue weighted by Crippen LogP contribution is 2.13. The number of aromatic nitrogens is 4. The molecule has 0 radical (unpaired) electrons. The predicted octanol–water partition coefficient (Wildman–Crippen LogP) is 1.92. The maximum Gasteiger partial charge on any atom is 0.435 e. The standard InChI is InChI=1S/C11H14N4O2/c1-7-12-6-9-8(14-7)5-13-15(9)10(16)17-11(2,3)4/h5-6H,1-4H3. The van der Waals surface area contributed by atoms with Crippen molar-refractivity contribution in [3.8, 4) is 0 Å². The highest BCUT2D eigenvalue weighted by Gasteiger charge is 2.20. The zero-order chi connectivity index (χ0) is 12.6. The van der Waals surface area contributed by atoms with Crippen LogP contribution in [-0.4, -0.2) is 31.4 Å². The van der Waals surface area contributed by atoms with Crippen LogP contribution in [0, 0.1) is 6.92 Å². The van der Waals surface area contributed by atoms with Crippen LogP contribution in [0.5, 0.6) is 0 Å². The molecular formula is C11H14N4O2. The minimum absolute atomic E-state index is 0.528. The molecule has 17 heavy (non-hydrogen) atoms. The lowest BCUT2D eigenvalue weighted by Crippen LogP contribution is -2.27. The highest BCUT2D eigenvalue weighted by atomic mass is 16.6. The molecule has 2 aromatic rings. The SMILES string of the molecule is Cc1ncc2c(cnn2C(=O)OC(C)(C)C)n1. The number of aryl methyl sites for hydroxylation is 1. The van der Waals surface area contributed by atoms with Gasteiger partial charge in [0.2, 0.25) is 0 Å². The summed E-state index contributed by atoms with van der Waals surface area (Å²) in [4.78, 5) is 20.1. The van der Waals surface area contributed by atoms with Crippen LogP contribution in [0.15, 0.2) is 12.4 Å². The van der Waals surface area contributed by atoms with Crippen LogP contribution >= 0.6 is 0 Å². The van der Waals surface area contributed by atoms with Crippen molar-refractivity contribution in [2.45, 2.75) is 33.3 Å². The topological polar surface area (TPSA) is 69.9 Å². The average Bonchev–Trinajstić information content (AvgIpc) is 2.57. The van der Waals surface area contributed by atoms with Gasteiger partial charge in [-0.1, -0.05) is 0 Å². The summed E-state index contributed by atoms with van der Waals surface area (Å²) in [6, 6.07) is 0. The number of ether oxygens (including phenoxy) is 1. The molecule has 0 atom stereocenters. The second-order valence-electron chi connectivity index (χ2n) is 4.72. The van der Waals surface area contributed by atoms with E-state index in [4.69, 9.17) is 4.74 Å². The quantitative estimate of drug-likeness (QED) is 0.696. The molecule has 0 saturated carbocycles. The van der Waals surface area contributed by atoms with Crippen molar-refractivity contribution in [2.75, 3.05) is 0 Å². The molecule has 90 valence electrons. The van der Waals surface area contributed by atoms with E-state index < -0.39 is 11.7 Å². The molecule has 6 nitrogen and oxygen atoms in total. The van der Waals surface area contributed by atoms with Gasteiger partial charge < -0.3 is 4.74 Å². The molecule has 0 aliphatic carbocycles. The molecule has 0 aliphatic rings. The molecule has 0 bridgehead atoms. The van der Waals surface area contributed by atoms with Crippen LogP contribution in [0.3, 0.4) is 0 Å². The van der Waals surface area contributed by atoms with Gasteiger partial charge in [0.05, 0.1) is 12.4 Å². The Morgan fingerprint density at radius 1 is 1.35 bits per heavy atom. The van der Waals surface area contributed by atoms with Gasteiger partial charge >= 0.3 is 6.09 Å². The molecule has 0 aromatic carbocycles. The Morgan fingerprint density at radius 2 is 2.06 bits per heavy atom. The molecule has 0 amide bonds. The zero-order valence-corrected chi connectivity index (χ0v) is 10.3. The number of carbonyl (C=O) groups is 1. The van der Waals surface area contributed by atoms with E-state index in [0.717, 1.165) is 0 Å². The minimum atomic E-state index is -0.555. The van der Waals surface area contributed by atoms with Gasteiger partial charge in [-0.25, -0.2) is 14.8 Å². The number of hydrogen-bond acceptors (Lipinski definition) is 5. The third kappa shape index (κ3) is 2.41. The van der Waals surface area contributed by atoms with E-state index >= 15 is 0 Å². The van der Waals surface area contributed by atoms with Gasteiger partial charge in [-0.05, 0) is 27.7 Å². The first kappa shape index (κ1) is 11.5. The summed E-state index contributed by atoms with van der Waals surface area (Å²) >= 11 is 0. The number of fused-ring (bicyclic) bond motifs is 1. The molecule has 2 aromatic heterocycles. The van der Waals surface area contributed by atoms with Gasteiger partial charge in [0.1, 0.15) is 22.5 Å². The molecule has 0 N–H and O–H groups in total. The molecule has 0 unspecified atom stereocenters. The minimum Gasteiger partial charge on any atom is -0.442 e. The van der Waals surface area contributed by atoms with Gasteiger partial charge in [0.15, 0.2) is 0 Å². The van der Waals surface area contributed by atoms with Gasteiger partial charge in [-0.3, -0.25) is 0 Å². The van der Waals surface area contributed by atoms with E-state index in [9.17, 15) is 4.79 Å². The second kappa shape index (κ2) is 3.80. The van der Waals surface area contributed by atoms with Crippen molar-refractivity contribution in [1.82, 2.24) is 19.7 Å². The van der Waals surface area contributed by atoms with Crippen LogP contribution in [-0.2, 0) is 4.74 Å². The van der Waals surface area contributed by atoms with Crippen molar-refractivity contribution >= 4 is 17.1 Å². The summed E-state index contributed by atoms with van der Waals surface area (Å²) in [5, 5.41) is 3.96. The molecule has 6 heteroatoms. The Hall–Kier alpha value is -1.98. The zero-order valence-electron chi connectivity index (χ0n) is 10.3. The van der Waals surface area contributed by atoms with Gasteiger partial charge in [-0.2, -0.15) is 9.78 Å². The van der Waals surface area contributed by atoms with E-state index in [1.54, 1.807) is 33.9 Å². The first-order valence-electron chi connectivity index (χ1n) is 5.27. The van der Waals surface area contributed by atoms with Crippen LogP contribution in [0.2, 0.25) is 0 Å². The number of carbonyl (C=O) groups excluding carboxylic acids is 1. The lowest BCUT2D eigenvalue weighted by Gasteiger charge is -2.18. The third-order valence-corrected chi connectivity index (χ3v) is 2.01. The van der Waals surface area contributed by atoms with E-state index in [2.05, 4.69) is 15.1 Å². The van der Waals surface area contributed by atoms with Crippen molar-refractivity contribution in [1.29, 1.82) is 0 Å². The maximum absolute atomic E-state index is 11.8. The first-order valence-corrected chi connectivity index (χ1v) is 5.27. The van der Waals surface area contributed by atoms with Crippen LogP contribution in [0.1, 0.15) is 26.6 Å². The lowest BCUT2D eigenvalue weighted by molar-refractivity contribution is 0.0522. The summed E-state index contributed by atoms with van der Waals surface area (Å²) < 4.78 is 6.39. The molecular weight excluding hydrogens is 220 g/mol. The Labute approximate surface area is 98.6 Å². The predicted molar refractivity (Wildman–Crippen MR) is 61.7 cm³/mol. The molecule has 2 rings (SSSR count). The van der Waals surface area contributed by atoms with Gasteiger partial charge in [0.25, 0.3) is 0 Å². The van der Waals surface area contributed by atoms with Gasteiger partial charge in [0, 0.05) is 0 Å². The summed E-state index contributed by atoms with van der Waals surface area (Å²) in [7, 11) is 0. The van der Waals surface area contributed by atoms with E-state index in [1.807, 2.05) is 0 Å². The average molecular weight is 234 g/mol. The normalized spacial score (nSPS) is 11.8. The molecule has 0 spiro atoms. The lowest BCUT2D eigenvalue weighted by atomic mass is 10.2. The number of nitrogens with zero attached hydrogens (tertiary/aromatic N) is 4. The van der Waals surface area contributed by atoms with E-state index in [-0.39, 0.29) is 0 Å². The smallest absolute Gasteiger partial charge is 0.435 e. The van der Waals surface area contributed by atoms with Crippen molar-refractivity contribution < 1.29 is 9.53 Å². The Kier molecular flexibility index (Phi) is 2.57. The van der Waals surface area contributed by atoms with E-state index in [0.29, 0.717) is 16.9 Å². The van der Waals surface area contributed by atoms with Crippen LogP contribution < -0.4 is 0 Å². The summed E-state index contributed by atoms with van der Waals surface area (Å²) in [6.45, 7) is 7.19. The largest absolute Gasteiger partial charge is 0.442 e. The van der Waals surface area contributed by atoms with E-state index in [1.165, 1.54) is 10.9 Å². The highest BCUT2D eigenvalue weighted by molar-refractivity contribution is 5.84. The van der Waals surface area contributed by atoms with Crippen LogP contribution in [0.4, 0.5) is 4.79 Å². The third-order valence-electron chi connectivity index (χ3n) is 2.01. The Morgan fingerprint density at radius 3 is 2.71 bits per heavy atom. The first-order chi connectivity index (χ1) is 7.87. The van der Waals surface area contributed by atoms with Crippen LogP contribution in [0.25, 0.3) is 11.0 Å². The number of rotatable bonds is 0. The Bertz CT molecular complexity index is 568.